The second-order valence-corrected chi connectivity index (χ2v) is 5.64. The molecule has 1 aromatic carbocycles. The van der Waals surface area contributed by atoms with Crippen LogP contribution in [0.25, 0.3) is 0 Å². The molecular formula is C18H28N6. The van der Waals surface area contributed by atoms with E-state index in [2.05, 4.69) is 62.9 Å². The third kappa shape index (κ3) is 5.61. The molecule has 0 aliphatic rings. The number of nitrogens with zero attached hydrogens (tertiary/aromatic N) is 4. The van der Waals surface area contributed by atoms with E-state index in [-0.39, 0.29) is 0 Å². The first-order valence-corrected chi connectivity index (χ1v) is 8.45. The van der Waals surface area contributed by atoms with E-state index in [4.69, 9.17) is 0 Å². The van der Waals surface area contributed by atoms with Gasteiger partial charge >= 0.3 is 0 Å². The Bertz CT molecular complexity index is 619. The molecule has 2 rings (SSSR count). The van der Waals surface area contributed by atoms with Crippen LogP contribution in [0.5, 0.6) is 0 Å². The lowest BCUT2D eigenvalue weighted by atomic mass is 10.2. The third-order valence-corrected chi connectivity index (χ3v) is 3.84. The molecule has 0 fully saturated rings. The summed E-state index contributed by atoms with van der Waals surface area (Å²) in [7, 11) is 3.71. The highest BCUT2D eigenvalue weighted by Crippen LogP contribution is 2.12. The van der Waals surface area contributed by atoms with Gasteiger partial charge in [0.15, 0.2) is 5.96 Å². The monoisotopic (exact) mass is 328 g/mol. The zero-order valence-electron chi connectivity index (χ0n) is 14.9. The van der Waals surface area contributed by atoms with Crippen molar-refractivity contribution in [2.75, 3.05) is 31.6 Å². The molecular weight excluding hydrogens is 300 g/mol. The highest BCUT2D eigenvalue weighted by Gasteiger charge is 2.04. The summed E-state index contributed by atoms with van der Waals surface area (Å²) in [5.41, 5.74) is 2.42. The van der Waals surface area contributed by atoms with Crippen molar-refractivity contribution in [3.05, 3.63) is 48.3 Å². The summed E-state index contributed by atoms with van der Waals surface area (Å²) in [6.07, 6.45) is 4.91. The number of anilines is 1. The second-order valence-electron chi connectivity index (χ2n) is 5.64. The van der Waals surface area contributed by atoms with Gasteiger partial charge in [0.2, 0.25) is 0 Å². The molecule has 130 valence electrons. The van der Waals surface area contributed by atoms with Crippen molar-refractivity contribution in [1.29, 1.82) is 0 Å². The Morgan fingerprint density at radius 1 is 1.25 bits per heavy atom. The average Bonchev–Trinajstić information content (AvgIpc) is 3.03. The molecule has 0 spiro atoms. The summed E-state index contributed by atoms with van der Waals surface area (Å²) in [4.78, 5) is 6.64. The lowest BCUT2D eigenvalue weighted by Crippen LogP contribution is -2.38. The van der Waals surface area contributed by atoms with Crippen LogP contribution >= 0.6 is 0 Å². The van der Waals surface area contributed by atoms with Gasteiger partial charge in [0.05, 0.1) is 6.20 Å². The Balaban J connectivity index is 1.69. The Kier molecular flexibility index (Phi) is 7.14. The van der Waals surface area contributed by atoms with Crippen LogP contribution in [0.3, 0.4) is 0 Å². The van der Waals surface area contributed by atoms with Crippen molar-refractivity contribution >= 4 is 11.6 Å². The fraction of sp³-hybridized carbons (Fsp3) is 0.444. The number of nitrogens with one attached hydrogen (secondary N) is 2. The van der Waals surface area contributed by atoms with E-state index in [1.165, 1.54) is 5.69 Å². The summed E-state index contributed by atoms with van der Waals surface area (Å²) in [5.74, 6) is 0.821. The number of rotatable bonds is 8. The van der Waals surface area contributed by atoms with Gasteiger partial charge in [0, 0.05) is 57.7 Å². The molecule has 2 N–H and O–H groups in total. The third-order valence-electron chi connectivity index (χ3n) is 3.84. The first kappa shape index (κ1) is 17.8. The van der Waals surface area contributed by atoms with Gasteiger partial charge in [-0.3, -0.25) is 9.67 Å². The van der Waals surface area contributed by atoms with E-state index in [1.54, 1.807) is 11.7 Å². The molecule has 0 unspecified atom stereocenters. The SMILES string of the molecule is CCN(CCCNC(=NC)NCc1cnn(C)c1)c1ccccc1. The van der Waals surface area contributed by atoms with E-state index in [0.717, 1.165) is 44.1 Å². The van der Waals surface area contributed by atoms with E-state index >= 15 is 0 Å². The molecule has 0 amide bonds. The average molecular weight is 328 g/mol. The Hall–Kier alpha value is -2.50. The number of hydrogen-bond acceptors (Lipinski definition) is 3. The number of aryl methyl sites for hydroxylation is 1. The minimum Gasteiger partial charge on any atom is -0.372 e. The molecule has 0 radical (unpaired) electrons. The van der Waals surface area contributed by atoms with Gasteiger partial charge in [0.25, 0.3) is 0 Å². The van der Waals surface area contributed by atoms with Crippen molar-refractivity contribution in [3.8, 4) is 0 Å². The van der Waals surface area contributed by atoms with Crippen molar-refractivity contribution in [1.82, 2.24) is 20.4 Å². The van der Waals surface area contributed by atoms with Gasteiger partial charge in [-0.1, -0.05) is 18.2 Å². The maximum atomic E-state index is 4.26. The van der Waals surface area contributed by atoms with Crippen LogP contribution in [-0.2, 0) is 13.6 Å². The molecule has 0 aliphatic heterocycles. The molecule has 6 nitrogen and oxygen atoms in total. The molecule has 1 heterocycles. The predicted molar refractivity (Wildman–Crippen MR) is 100 cm³/mol. The summed E-state index contributed by atoms with van der Waals surface area (Å²) < 4.78 is 1.80. The van der Waals surface area contributed by atoms with Crippen LogP contribution in [0.2, 0.25) is 0 Å². The number of benzene rings is 1. The standard InChI is InChI=1S/C18H28N6/c1-4-24(17-9-6-5-7-10-17)12-8-11-20-18(19-2)21-13-16-14-22-23(3)15-16/h5-7,9-10,14-15H,4,8,11-13H2,1-3H3,(H2,19,20,21). The van der Waals surface area contributed by atoms with Gasteiger partial charge in [-0.05, 0) is 25.5 Å². The summed E-state index contributed by atoms with van der Waals surface area (Å²) in [6, 6.07) is 10.5. The largest absolute Gasteiger partial charge is 0.372 e. The molecule has 0 saturated heterocycles. The minimum atomic E-state index is 0.721. The van der Waals surface area contributed by atoms with E-state index in [9.17, 15) is 0 Å². The van der Waals surface area contributed by atoms with Crippen LogP contribution in [0.15, 0.2) is 47.7 Å². The molecule has 0 atom stereocenters. The summed E-state index contributed by atoms with van der Waals surface area (Å²) in [5, 5.41) is 10.8. The molecule has 2 aromatic rings. The smallest absolute Gasteiger partial charge is 0.191 e. The molecule has 6 heteroatoms. The maximum absolute atomic E-state index is 4.26. The molecule has 0 aliphatic carbocycles. The topological polar surface area (TPSA) is 57.5 Å². The van der Waals surface area contributed by atoms with Crippen LogP contribution < -0.4 is 15.5 Å². The van der Waals surface area contributed by atoms with E-state index in [1.807, 2.05) is 19.4 Å². The predicted octanol–water partition coefficient (Wildman–Crippen LogP) is 2.00. The van der Waals surface area contributed by atoms with Crippen molar-refractivity contribution in [2.45, 2.75) is 19.9 Å². The first-order chi connectivity index (χ1) is 11.7. The second kappa shape index (κ2) is 9.60. The van der Waals surface area contributed by atoms with Crippen LogP contribution in [0, 0.1) is 0 Å². The Morgan fingerprint density at radius 3 is 2.67 bits per heavy atom. The fourth-order valence-electron chi connectivity index (χ4n) is 2.55. The Labute approximate surface area is 144 Å². The molecule has 1 aromatic heterocycles. The van der Waals surface area contributed by atoms with Crippen molar-refractivity contribution < 1.29 is 0 Å². The number of para-hydroxylation sites is 1. The van der Waals surface area contributed by atoms with Crippen LogP contribution in [-0.4, -0.2) is 42.4 Å². The number of aliphatic imine (C=N–C) groups is 1. The highest BCUT2D eigenvalue weighted by molar-refractivity contribution is 5.79. The van der Waals surface area contributed by atoms with Gasteiger partial charge in [-0.25, -0.2) is 0 Å². The van der Waals surface area contributed by atoms with Crippen LogP contribution in [0.4, 0.5) is 5.69 Å². The molecule has 0 bridgehead atoms. The van der Waals surface area contributed by atoms with Gasteiger partial charge in [-0.15, -0.1) is 0 Å². The summed E-state index contributed by atoms with van der Waals surface area (Å²) >= 11 is 0. The lowest BCUT2D eigenvalue weighted by Gasteiger charge is -2.23. The zero-order chi connectivity index (χ0) is 17.2. The summed E-state index contributed by atoms with van der Waals surface area (Å²) in [6.45, 7) is 5.83. The number of aromatic nitrogens is 2. The van der Waals surface area contributed by atoms with Gasteiger partial charge in [-0.2, -0.15) is 5.10 Å². The Morgan fingerprint density at radius 2 is 2.04 bits per heavy atom. The fourth-order valence-corrected chi connectivity index (χ4v) is 2.55. The van der Waals surface area contributed by atoms with Crippen LogP contribution in [0.1, 0.15) is 18.9 Å². The van der Waals surface area contributed by atoms with E-state index < -0.39 is 0 Å². The van der Waals surface area contributed by atoms with E-state index in [0.29, 0.717) is 0 Å². The van der Waals surface area contributed by atoms with Crippen molar-refractivity contribution in [3.63, 3.8) is 0 Å². The zero-order valence-corrected chi connectivity index (χ0v) is 14.9. The number of guanidine groups is 1. The molecule has 0 saturated carbocycles. The lowest BCUT2D eigenvalue weighted by molar-refractivity contribution is 0.708. The number of hydrogen-bond donors (Lipinski definition) is 2. The highest BCUT2D eigenvalue weighted by atomic mass is 15.2. The first-order valence-electron chi connectivity index (χ1n) is 8.45. The minimum absolute atomic E-state index is 0.721. The normalized spacial score (nSPS) is 11.4. The quantitative estimate of drug-likeness (QED) is 0.442. The van der Waals surface area contributed by atoms with Gasteiger partial charge < -0.3 is 15.5 Å². The van der Waals surface area contributed by atoms with Gasteiger partial charge in [0.1, 0.15) is 0 Å². The van der Waals surface area contributed by atoms with Crippen molar-refractivity contribution in [2.24, 2.45) is 12.0 Å². The molecule has 24 heavy (non-hydrogen) atoms. The maximum Gasteiger partial charge on any atom is 0.191 e.